The highest BCUT2D eigenvalue weighted by atomic mass is 16.2. The van der Waals surface area contributed by atoms with Crippen LogP contribution in [0.1, 0.15) is 64.7 Å². The van der Waals surface area contributed by atoms with Crippen LogP contribution in [-0.4, -0.2) is 49.1 Å². The molecule has 31 heavy (non-hydrogen) atoms. The molecule has 2 saturated heterocycles. The van der Waals surface area contributed by atoms with Crippen molar-refractivity contribution in [1.29, 1.82) is 0 Å². The van der Waals surface area contributed by atoms with Crippen molar-refractivity contribution >= 4 is 23.3 Å². The van der Waals surface area contributed by atoms with Crippen LogP contribution in [0.15, 0.2) is 24.3 Å². The Morgan fingerprint density at radius 3 is 2.13 bits per heavy atom. The number of anilines is 2. The molecule has 170 valence electrons. The predicted molar refractivity (Wildman–Crippen MR) is 125 cm³/mol. The van der Waals surface area contributed by atoms with Gasteiger partial charge in [0.25, 0.3) is 0 Å². The fourth-order valence-corrected chi connectivity index (χ4v) is 5.23. The molecule has 0 radical (unpaired) electrons. The number of piperidine rings is 2. The summed E-state index contributed by atoms with van der Waals surface area (Å²) in [6.07, 6.45) is 9.90. The third-order valence-corrected chi connectivity index (χ3v) is 7.37. The first-order valence-corrected chi connectivity index (χ1v) is 12.3. The molecule has 6 heteroatoms. The van der Waals surface area contributed by atoms with Crippen LogP contribution in [0.25, 0.3) is 0 Å². The lowest BCUT2D eigenvalue weighted by Gasteiger charge is -2.35. The average molecular weight is 427 g/mol. The Kier molecular flexibility index (Phi) is 7.36. The maximum atomic E-state index is 12.7. The third-order valence-electron chi connectivity index (χ3n) is 7.37. The van der Waals surface area contributed by atoms with Crippen molar-refractivity contribution in [2.75, 3.05) is 36.4 Å². The second kappa shape index (κ2) is 10.4. The normalized spacial score (nSPS) is 21.7. The van der Waals surface area contributed by atoms with Gasteiger partial charge in [-0.25, -0.2) is 4.79 Å². The van der Waals surface area contributed by atoms with Crippen molar-refractivity contribution in [3.63, 3.8) is 0 Å². The molecule has 2 heterocycles. The minimum atomic E-state index is -0.156. The van der Waals surface area contributed by atoms with E-state index in [0.29, 0.717) is 5.91 Å². The van der Waals surface area contributed by atoms with Crippen molar-refractivity contribution in [1.82, 2.24) is 10.2 Å². The van der Waals surface area contributed by atoms with Crippen LogP contribution in [0, 0.1) is 11.8 Å². The monoisotopic (exact) mass is 426 g/mol. The minimum absolute atomic E-state index is 0.130. The SMILES string of the molecule is CC1CCN(c2ccc(NC(=O)NC3CCN(C(=O)C4CCCCC4)CC3)cc2)CC1. The van der Waals surface area contributed by atoms with Gasteiger partial charge < -0.3 is 20.4 Å². The van der Waals surface area contributed by atoms with Crippen molar-refractivity contribution < 1.29 is 9.59 Å². The molecular weight excluding hydrogens is 388 g/mol. The highest BCUT2D eigenvalue weighted by molar-refractivity contribution is 5.89. The summed E-state index contributed by atoms with van der Waals surface area (Å²) in [5, 5.41) is 6.05. The second-order valence-electron chi connectivity index (χ2n) is 9.75. The molecule has 0 atom stereocenters. The summed E-state index contributed by atoms with van der Waals surface area (Å²) in [5.74, 6) is 1.39. The Morgan fingerprint density at radius 1 is 0.839 bits per heavy atom. The zero-order chi connectivity index (χ0) is 21.6. The van der Waals surface area contributed by atoms with Crippen LogP contribution < -0.4 is 15.5 Å². The van der Waals surface area contributed by atoms with Crippen molar-refractivity contribution in [3.05, 3.63) is 24.3 Å². The van der Waals surface area contributed by atoms with Crippen molar-refractivity contribution in [2.24, 2.45) is 11.8 Å². The van der Waals surface area contributed by atoms with Crippen molar-refractivity contribution in [3.8, 4) is 0 Å². The smallest absolute Gasteiger partial charge is 0.319 e. The molecule has 0 bridgehead atoms. The van der Waals surface area contributed by atoms with E-state index >= 15 is 0 Å². The number of carbonyl (C=O) groups excluding carboxylic acids is 2. The van der Waals surface area contributed by atoms with E-state index in [1.165, 1.54) is 37.8 Å². The first kappa shape index (κ1) is 22.0. The number of amides is 3. The summed E-state index contributed by atoms with van der Waals surface area (Å²) < 4.78 is 0. The van der Waals surface area contributed by atoms with Crippen LogP contribution in [0.4, 0.5) is 16.2 Å². The molecular formula is C25H38N4O2. The number of urea groups is 1. The lowest BCUT2D eigenvalue weighted by Crippen LogP contribution is -2.49. The molecule has 1 saturated carbocycles. The molecule has 2 N–H and O–H groups in total. The number of hydrogen-bond donors (Lipinski definition) is 2. The molecule has 0 aromatic heterocycles. The van der Waals surface area contributed by atoms with Crippen LogP contribution in [0.2, 0.25) is 0 Å². The standard InChI is InChI=1S/C25H38N4O2/c1-19-11-15-28(16-12-19)23-9-7-21(8-10-23)26-25(31)27-22-13-17-29(18-14-22)24(30)20-5-3-2-4-6-20/h7-10,19-20,22H,2-6,11-18H2,1H3,(H2,26,27,31). The van der Waals surface area contributed by atoms with Gasteiger partial charge in [0, 0.05) is 49.5 Å². The van der Waals surface area contributed by atoms with Gasteiger partial charge in [0.1, 0.15) is 0 Å². The average Bonchev–Trinajstić information content (AvgIpc) is 2.81. The maximum absolute atomic E-state index is 12.7. The predicted octanol–water partition coefficient (Wildman–Crippen LogP) is 4.62. The first-order chi connectivity index (χ1) is 15.1. The lowest BCUT2D eigenvalue weighted by atomic mass is 9.87. The van der Waals surface area contributed by atoms with Gasteiger partial charge in [-0.1, -0.05) is 26.2 Å². The Balaban J connectivity index is 1.19. The zero-order valence-corrected chi connectivity index (χ0v) is 18.9. The fourth-order valence-electron chi connectivity index (χ4n) is 5.23. The van der Waals surface area contributed by atoms with E-state index in [0.717, 1.165) is 63.5 Å². The summed E-state index contributed by atoms with van der Waals surface area (Å²) in [4.78, 5) is 29.6. The Morgan fingerprint density at radius 2 is 1.48 bits per heavy atom. The van der Waals surface area contributed by atoms with Crippen LogP contribution in [0.5, 0.6) is 0 Å². The topological polar surface area (TPSA) is 64.7 Å². The highest BCUT2D eigenvalue weighted by Crippen LogP contribution is 2.27. The largest absolute Gasteiger partial charge is 0.372 e. The van der Waals surface area contributed by atoms with Gasteiger partial charge in [-0.3, -0.25) is 4.79 Å². The molecule has 6 nitrogen and oxygen atoms in total. The molecule has 0 unspecified atom stereocenters. The van der Waals surface area contributed by atoms with Gasteiger partial charge >= 0.3 is 6.03 Å². The minimum Gasteiger partial charge on any atom is -0.372 e. The molecule has 1 aromatic rings. The number of rotatable bonds is 4. The van der Waals surface area contributed by atoms with E-state index in [-0.39, 0.29) is 18.0 Å². The first-order valence-electron chi connectivity index (χ1n) is 12.3. The quantitative estimate of drug-likeness (QED) is 0.739. The van der Waals surface area contributed by atoms with Crippen LogP contribution in [0.3, 0.4) is 0 Å². The van der Waals surface area contributed by atoms with Gasteiger partial charge in [-0.15, -0.1) is 0 Å². The van der Waals surface area contributed by atoms with Gasteiger partial charge in [0.05, 0.1) is 0 Å². The maximum Gasteiger partial charge on any atom is 0.319 e. The molecule has 3 aliphatic rings. The zero-order valence-electron chi connectivity index (χ0n) is 18.9. The number of hydrogen-bond acceptors (Lipinski definition) is 3. The van der Waals surface area contributed by atoms with Crippen molar-refractivity contribution in [2.45, 2.75) is 70.8 Å². The van der Waals surface area contributed by atoms with E-state index in [1.807, 2.05) is 17.0 Å². The molecule has 2 aliphatic heterocycles. The number of nitrogens with one attached hydrogen (secondary N) is 2. The van der Waals surface area contributed by atoms with E-state index in [2.05, 4.69) is 34.6 Å². The van der Waals surface area contributed by atoms with E-state index in [9.17, 15) is 9.59 Å². The van der Waals surface area contributed by atoms with Crippen LogP contribution in [-0.2, 0) is 4.79 Å². The Labute approximate surface area is 186 Å². The number of benzene rings is 1. The third kappa shape index (κ3) is 5.92. The summed E-state index contributed by atoms with van der Waals surface area (Å²) in [5.41, 5.74) is 2.05. The molecule has 0 spiro atoms. The fraction of sp³-hybridized carbons (Fsp3) is 0.680. The molecule has 1 aliphatic carbocycles. The number of likely N-dealkylation sites (tertiary alicyclic amines) is 1. The highest BCUT2D eigenvalue weighted by Gasteiger charge is 2.29. The number of carbonyl (C=O) groups is 2. The molecule has 1 aromatic carbocycles. The van der Waals surface area contributed by atoms with Gasteiger partial charge in [-0.2, -0.15) is 0 Å². The summed E-state index contributed by atoms with van der Waals surface area (Å²) >= 11 is 0. The molecule has 4 rings (SSSR count). The number of nitrogens with zero attached hydrogens (tertiary/aromatic N) is 2. The summed E-state index contributed by atoms with van der Waals surface area (Å²) in [7, 11) is 0. The molecule has 3 fully saturated rings. The van der Waals surface area contributed by atoms with E-state index in [4.69, 9.17) is 0 Å². The van der Waals surface area contributed by atoms with Gasteiger partial charge in [-0.05, 0) is 68.7 Å². The van der Waals surface area contributed by atoms with Gasteiger partial charge in [0.2, 0.25) is 5.91 Å². The lowest BCUT2D eigenvalue weighted by molar-refractivity contribution is -0.137. The Bertz CT molecular complexity index is 728. The van der Waals surface area contributed by atoms with E-state index < -0.39 is 0 Å². The van der Waals surface area contributed by atoms with E-state index in [1.54, 1.807) is 0 Å². The molecule has 3 amide bonds. The Hall–Kier alpha value is -2.24. The van der Waals surface area contributed by atoms with Crippen LogP contribution >= 0.6 is 0 Å². The summed E-state index contributed by atoms with van der Waals surface area (Å²) in [6, 6.07) is 8.14. The van der Waals surface area contributed by atoms with Gasteiger partial charge in [0.15, 0.2) is 0 Å². The second-order valence-corrected chi connectivity index (χ2v) is 9.75. The summed E-state index contributed by atoms with van der Waals surface area (Å²) in [6.45, 7) is 6.04.